The molecule has 130 valence electrons. The van der Waals surface area contributed by atoms with E-state index in [1.165, 1.54) is 6.92 Å². The number of hydrogen-bond acceptors (Lipinski definition) is 4. The fourth-order valence-corrected chi connectivity index (χ4v) is 2.50. The standard InChI is InChI=1S/C16H20ClN3O4/c1-12(21)18-14-4-2-3-13(11-14)15(22)19-6-8-20(9-7-19)16(23)24-10-5-17/h2-4,11H,5-10H2,1H3,(H,18,21). The summed E-state index contributed by atoms with van der Waals surface area (Å²) >= 11 is 5.49. The van der Waals surface area contributed by atoms with Crippen molar-refractivity contribution in [3.8, 4) is 0 Å². The molecule has 1 fully saturated rings. The van der Waals surface area contributed by atoms with E-state index in [1.807, 2.05) is 0 Å². The summed E-state index contributed by atoms with van der Waals surface area (Å²) in [6, 6.07) is 6.79. The molecule has 0 aliphatic carbocycles. The van der Waals surface area contributed by atoms with Crippen LogP contribution in [0.5, 0.6) is 0 Å². The van der Waals surface area contributed by atoms with Crippen LogP contribution >= 0.6 is 11.6 Å². The zero-order chi connectivity index (χ0) is 17.5. The second kappa shape index (κ2) is 8.54. The Kier molecular flexibility index (Phi) is 6.43. The minimum Gasteiger partial charge on any atom is -0.448 e. The summed E-state index contributed by atoms with van der Waals surface area (Å²) in [5.74, 6) is -0.0610. The number of ether oxygens (including phenoxy) is 1. The van der Waals surface area contributed by atoms with Gasteiger partial charge in [-0.25, -0.2) is 4.79 Å². The third-order valence-corrected chi connectivity index (χ3v) is 3.71. The number of halogens is 1. The van der Waals surface area contributed by atoms with Crippen molar-refractivity contribution in [3.63, 3.8) is 0 Å². The molecule has 0 radical (unpaired) electrons. The lowest BCUT2D eigenvalue weighted by molar-refractivity contribution is -0.114. The molecule has 3 amide bonds. The maximum Gasteiger partial charge on any atom is 0.409 e. The third kappa shape index (κ3) is 4.86. The lowest BCUT2D eigenvalue weighted by Gasteiger charge is -2.34. The quantitative estimate of drug-likeness (QED) is 0.837. The molecule has 0 saturated carbocycles. The van der Waals surface area contributed by atoms with Gasteiger partial charge in [-0.05, 0) is 18.2 Å². The van der Waals surface area contributed by atoms with Crippen molar-refractivity contribution in [2.24, 2.45) is 0 Å². The lowest BCUT2D eigenvalue weighted by atomic mass is 10.1. The van der Waals surface area contributed by atoms with Crippen LogP contribution in [0.1, 0.15) is 17.3 Å². The molecule has 0 spiro atoms. The van der Waals surface area contributed by atoms with Crippen molar-refractivity contribution >= 4 is 35.2 Å². The number of nitrogens with one attached hydrogen (secondary N) is 1. The molecule has 2 rings (SSSR count). The van der Waals surface area contributed by atoms with Gasteiger partial charge in [0.2, 0.25) is 5.91 Å². The molecule has 7 nitrogen and oxygen atoms in total. The van der Waals surface area contributed by atoms with Crippen molar-refractivity contribution in [2.75, 3.05) is 44.0 Å². The van der Waals surface area contributed by atoms with Crippen LogP contribution in [0.25, 0.3) is 0 Å². The molecule has 0 unspecified atom stereocenters. The van der Waals surface area contributed by atoms with Crippen LogP contribution < -0.4 is 5.32 Å². The summed E-state index contributed by atoms with van der Waals surface area (Å²) in [5, 5.41) is 2.65. The summed E-state index contributed by atoms with van der Waals surface area (Å²) in [4.78, 5) is 38.6. The lowest BCUT2D eigenvalue weighted by Crippen LogP contribution is -2.50. The van der Waals surface area contributed by atoms with E-state index in [4.69, 9.17) is 16.3 Å². The average Bonchev–Trinajstić information content (AvgIpc) is 2.59. The highest BCUT2D eigenvalue weighted by molar-refractivity contribution is 6.18. The molecule has 24 heavy (non-hydrogen) atoms. The first-order valence-corrected chi connectivity index (χ1v) is 8.19. The van der Waals surface area contributed by atoms with Gasteiger partial charge in [0.1, 0.15) is 6.61 Å². The Labute approximate surface area is 145 Å². The highest BCUT2D eigenvalue weighted by Crippen LogP contribution is 2.14. The van der Waals surface area contributed by atoms with E-state index >= 15 is 0 Å². The minimum absolute atomic E-state index is 0.129. The number of piperazine rings is 1. The van der Waals surface area contributed by atoms with E-state index in [2.05, 4.69) is 5.32 Å². The summed E-state index contributed by atoms with van der Waals surface area (Å²) < 4.78 is 4.98. The van der Waals surface area contributed by atoms with Gasteiger partial charge in [0.15, 0.2) is 0 Å². The smallest absolute Gasteiger partial charge is 0.409 e. The number of amides is 3. The predicted octanol–water partition coefficient (Wildman–Crippen LogP) is 1.78. The maximum absolute atomic E-state index is 12.5. The van der Waals surface area contributed by atoms with Crippen molar-refractivity contribution in [1.82, 2.24) is 9.80 Å². The Morgan fingerprint density at radius 1 is 1.17 bits per heavy atom. The Morgan fingerprint density at radius 3 is 2.46 bits per heavy atom. The molecular formula is C16H20ClN3O4. The van der Waals surface area contributed by atoms with Crippen LogP contribution in [-0.2, 0) is 9.53 Å². The normalized spacial score (nSPS) is 14.2. The van der Waals surface area contributed by atoms with Gasteiger partial charge >= 0.3 is 6.09 Å². The van der Waals surface area contributed by atoms with E-state index in [-0.39, 0.29) is 24.3 Å². The van der Waals surface area contributed by atoms with Crippen molar-refractivity contribution < 1.29 is 19.1 Å². The van der Waals surface area contributed by atoms with Gasteiger partial charge in [-0.15, -0.1) is 11.6 Å². The van der Waals surface area contributed by atoms with E-state index in [0.717, 1.165) is 0 Å². The molecule has 1 aliphatic heterocycles. The molecule has 0 aromatic heterocycles. The van der Waals surface area contributed by atoms with Crippen LogP contribution in [0.3, 0.4) is 0 Å². The van der Waals surface area contributed by atoms with Crippen molar-refractivity contribution in [3.05, 3.63) is 29.8 Å². The summed E-state index contributed by atoms with van der Waals surface area (Å²) in [6.07, 6.45) is -0.407. The number of anilines is 1. The molecule has 1 aromatic carbocycles. The van der Waals surface area contributed by atoms with Crippen LogP contribution in [0.4, 0.5) is 10.5 Å². The average molecular weight is 354 g/mol. The summed E-state index contributed by atoms with van der Waals surface area (Å²) in [5.41, 5.74) is 1.08. The molecule has 1 aliphatic rings. The van der Waals surface area contributed by atoms with Crippen molar-refractivity contribution in [1.29, 1.82) is 0 Å². The molecule has 0 atom stereocenters. The Balaban J connectivity index is 1.93. The van der Waals surface area contributed by atoms with Gasteiger partial charge in [0.05, 0.1) is 5.88 Å². The number of alkyl halides is 1. The predicted molar refractivity (Wildman–Crippen MR) is 90.3 cm³/mol. The van der Waals surface area contributed by atoms with E-state index in [1.54, 1.807) is 34.1 Å². The molecule has 1 saturated heterocycles. The van der Waals surface area contributed by atoms with Gasteiger partial charge in [0.25, 0.3) is 5.91 Å². The van der Waals surface area contributed by atoms with E-state index in [9.17, 15) is 14.4 Å². The SMILES string of the molecule is CC(=O)Nc1cccc(C(=O)N2CCN(C(=O)OCCCl)CC2)c1. The highest BCUT2D eigenvalue weighted by Gasteiger charge is 2.25. The van der Waals surface area contributed by atoms with Gasteiger partial charge in [-0.2, -0.15) is 0 Å². The number of carbonyl (C=O) groups excluding carboxylic acids is 3. The van der Waals surface area contributed by atoms with E-state index < -0.39 is 6.09 Å². The first-order chi connectivity index (χ1) is 11.5. The molecular weight excluding hydrogens is 334 g/mol. The first-order valence-electron chi connectivity index (χ1n) is 7.66. The van der Waals surface area contributed by atoms with Gasteiger partial charge in [-0.1, -0.05) is 6.07 Å². The van der Waals surface area contributed by atoms with Crippen LogP contribution in [0.2, 0.25) is 0 Å². The summed E-state index contributed by atoms with van der Waals surface area (Å²) in [7, 11) is 0. The number of carbonyl (C=O) groups is 3. The zero-order valence-electron chi connectivity index (χ0n) is 13.5. The third-order valence-electron chi connectivity index (χ3n) is 3.56. The molecule has 0 bridgehead atoms. The number of nitrogens with zero attached hydrogens (tertiary/aromatic N) is 2. The second-order valence-electron chi connectivity index (χ2n) is 5.34. The molecule has 1 aromatic rings. The van der Waals surface area contributed by atoms with Crippen LogP contribution in [0.15, 0.2) is 24.3 Å². The molecule has 1 N–H and O–H groups in total. The molecule has 1 heterocycles. The van der Waals surface area contributed by atoms with Crippen molar-refractivity contribution in [2.45, 2.75) is 6.92 Å². The fraction of sp³-hybridized carbons (Fsp3) is 0.438. The van der Waals surface area contributed by atoms with E-state index in [0.29, 0.717) is 37.4 Å². The fourth-order valence-electron chi connectivity index (χ4n) is 2.43. The molecule has 8 heteroatoms. The Bertz CT molecular complexity index is 615. The van der Waals surface area contributed by atoms with Crippen LogP contribution in [0, 0.1) is 0 Å². The number of hydrogen-bond donors (Lipinski definition) is 1. The zero-order valence-corrected chi connectivity index (χ0v) is 14.2. The first kappa shape index (κ1) is 18.1. The minimum atomic E-state index is -0.407. The number of rotatable bonds is 4. The highest BCUT2D eigenvalue weighted by atomic mass is 35.5. The largest absolute Gasteiger partial charge is 0.448 e. The summed E-state index contributed by atoms with van der Waals surface area (Å²) in [6.45, 7) is 3.28. The van der Waals surface area contributed by atoms with Gasteiger partial charge in [0, 0.05) is 44.4 Å². The Hall–Kier alpha value is -2.28. The van der Waals surface area contributed by atoms with Gasteiger partial charge in [-0.3, -0.25) is 9.59 Å². The van der Waals surface area contributed by atoms with Crippen LogP contribution in [-0.4, -0.2) is 66.4 Å². The topological polar surface area (TPSA) is 79.0 Å². The van der Waals surface area contributed by atoms with Gasteiger partial charge < -0.3 is 19.9 Å². The number of benzene rings is 1. The monoisotopic (exact) mass is 353 g/mol. The maximum atomic E-state index is 12.5. The Morgan fingerprint density at radius 2 is 1.83 bits per heavy atom. The second-order valence-corrected chi connectivity index (χ2v) is 5.72.